The van der Waals surface area contributed by atoms with E-state index in [1.54, 1.807) is 7.11 Å². The van der Waals surface area contributed by atoms with E-state index in [1.807, 2.05) is 36.2 Å². The number of hydrogen-bond acceptors (Lipinski definition) is 6. The lowest BCUT2D eigenvalue weighted by molar-refractivity contribution is 0.00863. The molecule has 0 aromatic heterocycles. The maximum Gasteiger partial charge on any atom is 0.151 e. The quantitative estimate of drug-likeness (QED) is 0.748. The zero-order valence-corrected chi connectivity index (χ0v) is 14.5. The zero-order valence-electron chi connectivity index (χ0n) is 13.6. The highest BCUT2D eigenvalue weighted by atomic mass is 32.2. The molecule has 23 heavy (non-hydrogen) atoms. The molecule has 2 atom stereocenters. The van der Waals surface area contributed by atoms with Gasteiger partial charge < -0.3 is 14.6 Å². The van der Waals surface area contributed by atoms with Gasteiger partial charge in [0.2, 0.25) is 0 Å². The minimum atomic E-state index is -2.91. The highest BCUT2D eigenvalue weighted by Crippen LogP contribution is 2.19. The Morgan fingerprint density at radius 1 is 1.39 bits per heavy atom. The molecule has 130 valence electrons. The van der Waals surface area contributed by atoms with Crippen LogP contribution >= 0.6 is 0 Å². The molecule has 1 fully saturated rings. The molecule has 0 saturated carbocycles. The summed E-state index contributed by atoms with van der Waals surface area (Å²) in [7, 11) is 0.546. The number of benzene rings is 1. The molecule has 1 aliphatic heterocycles. The maximum atomic E-state index is 11.5. The van der Waals surface area contributed by atoms with Gasteiger partial charge in [-0.15, -0.1) is 0 Å². The fraction of sp³-hybridized carbons (Fsp3) is 0.625. The molecule has 1 aliphatic rings. The number of hydrogen-bond donors (Lipinski definition) is 1. The third kappa shape index (κ3) is 5.46. The third-order valence-corrected chi connectivity index (χ3v) is 5.84. The molecular weight excluding hydrogens is 318 g/mol. The lowest BCUT2D eigenvalue weighted by atomic mass is 10.2. The standard InChI is InChI=1S/C16H25NO5S/c1-17(14-7-8-23(19,20)12-14)9-15(18)11-22-10-13-5-3-4-6-16(13)21-2/h3-6,14-15,18H,7-12H2,1-2H3/t14-,15+/m1/s1. The Labute approximate surface area is 137 Å². The summed E-state index contributed by atoms with van der Waals surface area (Å²) in [5.74, 6) is 1.18. The van der Waals surface area contributed by atoms with Gasteiger partial charge in [-0.2, -0.15) is 0 Å². The average Bonchev–Trinajstić information content (AvgIpc) is 2.88. The Kier molecular flexibility index (Phi) is 6.41. The van der Waals surface area contributed by atoms with Crippen molar-refractivity contribution >= 4 is 9.84 Å². The van der Waals surface area contributed by atoms with E-state index >= 15 is 0 Å². The molecule has 0 bridgehead atoms. The van der Waals surface area contributed by atoms with Crippen molar-refractivity contribution in [2.24, 2.45) is 0 Å². The second-order valence-electron chi connectivity index (χ2n) is 5.98. The summed E-state index contributed by atoms with van der Waals surface area (Å²) >= 11 is 0. The van der Waals surface area contributed by atoms with Crippen molar-refractivity contribution < 1.29 is 23.0 Å². The number of para-hydroxylation sites is 1. The predicted molar refractivity (Wildman–Crippen MR) is 88.3 cm³/mol. The maximum absolute atomic E-state index is 11.5. The van der Waals surface area contributed by atoms with Crippen molar-refractivity contribution in [1.82, 2.24) is 4.90 Å². The molecule has 0 amide bonds. The first kappa shape index (κ1) is 18.2. The van der Waals surface area contributed by atoms with Crippen molar-refractivity contribution in [3.8, 4) is 5.75 Å². The van der Waals surface area contributed by atoms with Crippen LogP contribution in [0.4, 0.5) is 0 Å². The molecule has 6 nitrogen and oxygen atoms in total. The van der Waals surface area contributed by atoms with E-state index in [0.29, 0.717) is 19.6 Å². The molecule has 1 aromatic rings. The minimum absolute atomic E-state index is 0.0103. The molecule has 0 unspecified atom stereocenters. The number of aliphatic hydroxyl groups excluding tert-OH is 1. The van der Waals surface area contributed by atoms with Crippen molar-refractivity contribution in [2.45, 2.75) is 25.2 Å². The Morgan fingerprint density at radius 3 is 2.78 bits per heavy atom. The van der Waals surface area contributed by atoms with Crippen LogP contribution in [0.25, 0.3) is 0 Å². The van der Waals surface area contributed by atoms with E-state index < -0.39 is 15.9 Å². The lowest BCUT2D eigenvalue weighted by Gasteiger charge is -2.25. The van der Waals surface area contributed by atoms with Crippen molar-refractivity contribution in [2.75, 3.05) is 38.8 Å². The Hall–Kier alpha value is -1.15. The van der Waals surface area contributed by atoms with E-state index in [4.69, 9.17) is 9.47 Å². The van der Waals surface area contributed by atoms with Gasteiger partial charge in [0, 0.05) is 18.2 Å². The summed E-state index contributed by atoms with van der Waals surface area (Å²) in [5.41, 5.74) is 0.928. The molecule has 2 rings (SSSR count). The lowest BCUT2D eigenvalue weighted by Crippen LogP contribution is -2.39. The zero-order chi connectivity index (χ0) is 16.9. The van der Waals surface area contributed by atoms with Crippen molar-refractivity contribution in [1.29, 1.82) is 0 Å². The summed E-state index contributed by atoms with van der Waals surface area (Å²) in [6.45, 7) is 0.955. The first-order chi connectivity index (χ1) is 10.9. The molecule has 7 heteroatoms. The summed E-state index contributed by atoms with van der Waals surface area (Å²) in [4.78, 5) is 1.90. The largest absolute Gasteiger partial charge is 0.496 e. The first-order valence-electron chi connectivity index (χ1n) is 7.69. The topological polar surface area (TPSA) is 76.1 Å². The normalized spacial score (nSPS) is 21.5. The number of rotatable bonds is 8. The van der Waals surface area contributed by atoms with Crippen LogP contribution in [-0.4, -0.2) is 69.4 Å². The smallest absolute Gasteiger partial charge is 0.151 e. The van der Waals surface area contributed by atoms with Crippen LogP contribution in [0.15, 0.2) is 24.3 Å². The minimum Gasteiger partial charge on any atom is -0.496 e. The Morgan fingerprint density at radius 2 is 2.13 bits per heavy atom. The average molecular weight is 343 g/mol. The molecular formula is C16H25NO5S. The predicted octanol–water partition coefficient (Wildman–Crippen LogP) is 0.692. The van der Waals surface area contributed by atoms with Gasteiger partial charge in [0.25, 0.3) is 0 Å². The van der Waals surface area contributed by atoms with Crippen LogP contribution in [0.2, 0.25) is 0 Å². The fourth-order valence-corrected chi connectivity index (χ4v) is 4.59. The molecule has 0 radical (unpaired) electrons. The number of nitrogens with zero attached hydrogens (tertiary/aromatic N) is 1. The summed E-state index contributed by atoms with van der Waals surface area (Å²) in [5, 5.41) is 10.1. The second-order valence-corrected chi connectivity index (χ2v) is 8.21. The number of ether oxygens (including phenoxy) is 2. The van der Waals surface area contributed by atoms with E-state index in [-0.39, 0.29) is 24.2 Å². The number of likely N-dealkylation sites (N-methyl/N-ethyl adjacent to an activating group) is 1. The highest BCUT2D eigenvalue weighted by molar-refractivity contribution is 7.91. The second kappa shape index (κ2) is 8.10. The molecule has 1 N–H and O–H groups in total. The Bertz CT molecular complexity index is 604. The van der Waals surface area contributed by atoms with Crippen molar-refractivity contribution in [3.63, 3.8) is 0 Å². The van der Waals surface area contributed by atoms with Crippen LogP contribution in [-0.2, 0) is 21.2 Å². The van der Waals surface area contributed by atoms with Crippen LogP contribution < -0.4 is 4.74 Å². The molecule has 0 aliphatic carbocycles. The summed E-state index contributed by atoms with van der Waals surface area (Å²) in [6.07, 6.45) is -0.0221. The van der Waals surface area contributed by atoms with E-state index in [9.17, 15) is 13.5 Å². The van der Waals surface area contributed by atoms with Gasteiger partial charge in [-0.05, 0) is 19.5 Å². The van der Waals surface area contributed by atoms with Crippen LogP contribution in [0.5, 0.6) is 5.75 Å². The van der Waals surface area contributed by atoms with E-state index in [0.717, 1.165) is 11.3 Å². The Balaban J connectivity index is 1.74. The van der Waals surface area contributed by atoms with Crippen LogP contribution in [0.3, 0.4) is 0 Å². The van der Waals surface area contributed by atoms with Crippen molar-refractivity contribution in [3.05, 3.63) is 29.8 Å². The SMILES string of the molecule is COc1ccccc1COC[C@@H](O)CN(C)[C@@H]1CCS(=O)(=O)C1. The number of methoxy groups -OCH3 is 1. The van der Waals surface area contributed by atoms with Gasteiger partial charge in [-0.3, -0.25) is 4.90 Å². The van der Waals surface area contributed by atoms with E-state index in [1.165, 1.54) is 0 Å². The van der Waals surface area contributed by atoms with Gasteiger partial charge in [-0.25, -0.2) is 8.42 Å². The molecule has 0 spiro atoms. The number of aliphatic hydroxyl groups is 1. The van der Waals surface area contributed by atoms with Gasteiger partial charge >= 0.3 is 0 Å². The number of sulfone groups is 1. The first-order valence-corrected chi connectivity index (χ1v) is 9.52. The van der Waals surface area contributed by atoms with Crippen LogP contribution in [0, 0.1) is 0 Å². The summed E-state index contributed by atoms with van der Waals surface area (Å²) in [6, 6.07) is 7.57. The van der Waals surface area contributed by atoms with Gasteiger partial charge in [0.15, 0.2) is 9.84 Å². The summed E-state index contributed by atoms with van der Waals surface area (Å²) < 4.78 is 33.8. The monoisotopic (exact) mass is 343 g/mol. The molecule has 1 aromatic carbocycles. The highest BCUT2D eigenvalue weighted by Gasteiger charge is 2.31. The van der Waals surface area contributed by atoms with Gasteiger partial charge in [0.05, 0.1) is 37.9 Å². The van der Waals surface area contributed by atoms with Gasteiger partial charge in [0.1, 0.15) is 5.75 Å². The fourth-order valence-electron chi connectivity index (χ4n) is 2.78. The van der Waals surface area contributed by atoms with E-state index in [2.05, 4.69) is 0 Å². The molecule has 1 saturated heterocycles. The van der Waals surface area contributed by atoms with Gasteiger partial charge in [-0.1, -0.05) is 18.2 Å². The third-order valence-electron chi connectivity index (χ3n) is 4.09. The molecule has 1 heterocycles. The van der Waals surface area contributed by atoms with Crippen LogP contribution in [0.1, 0.15) is 12.0 Å².